The van der Waals surface area contributed by atoms with E-state index in [0.717, 1.165) is 28.1 Å². The number of aromatic amines is 1. The Morgan fingerprint density at radius 2 is 1.90 bits per heavy atom. The number of nitrogens with one attached hydrogen (secondary N) is 1. The Bertz CT molecular complexity index is 749. The maximum atomic E-state index is 6.04. The molecule has 20 heavy (non-hydrogen) atoms. The van der Waals surface area contributed by atoms with Gasteiger partial charge in [0.1, 0.15) is 5.69 Å². The van der Waals surface area contributed by atoms with Gasteiger partial charge in [-0.3, -0.25) is 5.10 Å². The van der Waals surface area contributed by atoms with E-state index in [1.54, 1.807) is 12.4 Å². The minimum atomic E-state index is 0.249. The van der Waals surface area contributed by atoms with Gasteiger partial charge in [0.25, 0.3) is 0 Å². The van der Waals surface area contributed by atoms with E-state index in [2.05, 4.69) is 20.2 Å². The predicted octanol–water partition coefficient (Wildman–Crippen LogP) is 3.08. The van der Waals surface area contributed by atoms with Crippen LogP contribution in [0.25, 0.3) is 22.4 Å². The lowest BCUT2D eigenvalue weighted by molar-refractivity contribution is 1.05. The smallest absolute Gasteiger partial charge is 0.219 e. The SMILES string of the molecule is Cc1[nH]nc(-c2cccc(Cl)c2)c1-c1cnc(N)nc1. The number of aromatic nitrogens is 4. The van der Waals surface area contributed by atoms with E-state index < -0.39 is 0 Å². The Balaban J connectivity index is 2.17. The molecule has 0 spiro atoms. The maximum absolute atomic E-state index is 6.04. The van der Waals surface area contributed by atoms with Crippen LogP contribution in [-0.2, 0) is 0 Å². The molecule has 3 aromatic rings. The zero-order chi connectivity index (χ0) is 14.1. The van der Waals surface area contributed by atoms with Crippen molar-refractivity contribution < 1.29 is 0 Å². The molecule has 0 radical (unpaired) electrons. The highest BCUT2D eigenvalue weighted by atomic mass is 35.5. The lowest BCUT2D eigenvalue weighted by Crippen LogP contribution is -1.94. The second kappa shape index (κ2) is 4.94. The summed E-state index contributed by atoms with van der Waals surface area (Å²) in [7, 11) is 0. The Labute approximate surface area is 120 Å². The van der Waals surface area contributed by atoms with E-state index >= 15 is 0 Å². The first-order chi connectivity index (χ1) is 9.65. The molecule has 0 amide bonds. The van der Waals surface area contributed by atoms with E-state index in [-0.39, 0.29) is 5.95 Å². The molecule has 3 rings (SSSR count). The molecule has 0 unspecified atom stereocenters. The van der Waals surface area contributed by atoms with Crippen LogP contribution in [0, 0.1) is 6.92 Å². The minimum Gasteiger partial charge on any atom is -0.368 e. The lowest BCUT2D eigenvalue weighted by atomic mass is 10.0. The number of rotatable bonds is 2. The van der Waals surface area contributed by atoms with Gasteiger partial charge in [0.15, 0.2) is 0 Å². The van der Waals surface area contributed by atoms with E-state index in [1.807, 2.05) is 31.2 Å². The third kappa shape index (κ3) is 2.23. The summed E-state index contributed by atoms with van der Waals surface area (Å²) in [5.74, 6) is 0.249. The topological polar surface area (TPSA) is 80.5 Å². The normalized spacial score (nSPS) is 10.7. The van der Waals surface area contributed by atoms with Gasteiger partial charge in [-0.2, -0.15) is 5.10 Å². The molecule has 3 N–H and O–H groups in total. The van der Waals surface area contributed by atoms with Crippen LogP contribution in [0.1, 0.15) is 5.69 Å². The molecule has 0 atom stereocenters. The summed E-state index contributed by atoms with van der Waals surface area (Å²) >= 11 is 6.04. The monoisotopic (exact) mass is 285 g/mol. The van der Waals surface area contributed by atoms with Crippen molar-refractivity contribution in [2.75, 3.05) is 5.73 Å². The standard InChI is InChI=1S/C14H12ClN5/c1-8-12(10-6-17-14(16)18-7-10)13(20-19-8)9-3-2-4-11(15)5-9/h2-7H,1H3,(H,19,20)(H2,16,17,18). The number of halogens is 1. The van der Waals surface area contributed by atoms with Gasteiger partial charge in [0.05, 0.1) is 0 Å². The largest absolute Gasteiger partial charge is 0.368 e. The van der Waals surface area contributed by atoms with Gasteiger partial charge in [0, 0.05) is 39.8 Å². The number of anilines is 1. The van der Waals surface area contributed by atoms with Crippen molar-refractivity contribution in [2.45, 2.75) is 6.92 Å². The van der Waals surface area contributed by atoms with Crippen molar-refractivity contribution in [3.63, 3.8) is 0 Å². The first-order valence-electron chi connectivity index (χ1n) is 6.04. The zero-order valence-corrected chi connectivity index (χ0v) is 11.5. The van der Waals surface area contributed by atoms with Crippen molar-refractivity contribution in [3.05, 3.63) is 47.4 Å². The van der Waals surface area contributed by atoms with Crippen molar-refractivity contribution in [2.24, 2.45) is 0 Å². The van der Waals surface area contributed by atoms with Crippen LogP contribution in [0.4, 0.5) is 5.95 Å². The molecule has 1 aromatic carbocycles. The van der Waals surface area contributed by atoms with Crippen molar-refractivity contribution >= 4 is 17.5 Å². The summed E-state index contributed by atoms with van der Waals surface area (Å²) < 4.78 is 0. The number of nitrogens with zero attached hydrogens (tertiary/aromatic N) is 3. The molecule has 0 aliphatic rings. The Morgan fingerprint density at radius 1 is 1.15 bits per heavy atom. The number of H-pyrrole nitrogens is 1. The molecule has 0 aliphatic carbocycles. The fourth-order valence-electron chi connectivity index (χ4n) is 2.09. The average molecular weight is 286 g/mol. The Kier molecular flexibility index (Phi) is 3.12. The summed E-state index contributed by atoms with van der Waals surface area (Å²) in [5.41, 5.74) is 10.0. The third-order valence-electron chi connectivity index (χ3n) is 3.01. The van der Waals surface area contributed by atoms with Crippen LogP contribution in [0.15, 0.2) is 36.7 Å². The van der Waals surface area contributed by atoms with E-state index in [9.17, 15) is 0 Å². The predicted molar refractivity (Wildman–Crippen MR) is 79.2 cm³/mol. The van der Waals surface area contributed by atoms with Gasteiger partial charge < -0.3 is 5.73 Å². The summed E-state index contributed by atoms with van der Waals surface area (Å²) in [6.45, 7) is 1.95. The Morgan fingerprint density at radius 3 is 2.60 bits per heavy atom. The first-order valence-corrected chi connectivity index (χ1v) is 6.42. The Hall–Kier alpha value is -2.40. The summed E-state index contributed by atoms with van der Waals surface area (Å²) in [4.78, 5) is 8.05. The molecule has 6 heteroatoms. The summed E-state index contributed by atoms with van der Waals surface area (Å²) in [5, 5.41) is 8.01. The van der Waals surface area contributed by atoms with Crippen LogP contribution in [0.5, 0.6) is 0 Å². The van der Waals surface area contributed by atoms with Gasteiger partial charge in [0.2, 0.25) is 5.95 Å². The van der Waals surface area contributed by atoms with Crippen LogP contribution in [0.3, 0.4) is 0 Å². The highest BCUT2D eigenvalue weighted by molar-refractivity contribution is 6.30. The van der Waals surface area contributed by atoms with Crippen LogP contribution in [0.2, 0.25) is 5.02 Å². The van der Waals surface area contributed by atoms with Crippen molar-refractivity contribution in [1.82, 2.24) is 20.2 Å². The van der Waals surface area contributed by atoms with Crippen LogP contribution in [-0.4, -0.2) is 20.2 Å². The molecule has 0 saturated heterocycles. The molecule has 2 aromatic heterocycles. The van der Waals surface area contributed by atoms with E-state index in [0.29, 0.717) is 5.02 Å². The number of hydrogen-bond acceptors (Lipinski definition) is 4. The fraction of sp³-hybridized carbons (Fsp3) is 0.0714. The fourth-order valence-corrected chi connectivity index (χ4v) is 2.28. The summed E-state index contributed by atoms with van der Waals surface area (Å²) in [6, 6.07) is 7.56. The van der Waals surface area contributed by atoms with Gasteiger partial charge in [-0.05, 0) is 19.1 Å². The molecule has 0 saturated carbocycles. The molecule has 0 bridgehead atoms. The van der Waals surface area contributed by atoms with Gasteiger partial charge >= 0.3 is 0 Å². The van der Waals surface area contributed by atoms with Gasteiger partial charge in [-0.1, -0.05) is 23.7 Å². The average Bonchev–Trinajstić information content (AvgIpc) is 2.82. The third-order valence-corrected chi connectivity index (χ3v) is 3.24. The highest BCUT2D eigenvalue weighted by Crippen LogP contribution is 2.33. The molecule has 0 aliphatic heterocycles. The molecule has 2 heterocycles. The van der Waals surface area contributed by atoms with Crippen molar-refractivity contribution in [3.8, 4) is 22.4 Å². The molecular weight excluding hydrogens is 274 g/mol. The second-order valence-electron chi connectivity index (χ2n) is 4.41. The van der Waals surface area contributed by atoms with Crippen LogP contribution < -0.4 is 5.73 Å². The van der Waals surface area contributed by atoms with E-state index in [1.165, 1.54) is 0 Å². The number of aryl methyl sites for hydroxylation is 1. The second-order valence-corrected chi connectivity index (χ2v) is 4.85. The quantitative estimate of drug-likeness (QED) is 0.758. The minimum absolute atomic E-state index is 0.249. The number of nitrogens with two attached hydrogens (primary N) is 1. The number of benzene rings is 1. The van der Waals surface area contributed by atoms with Gasteiger partial charge in [-0.15, -0.1) is 0 Å². The maximum Gasteiger partial charge on any atom is 0.219 e. The van der Waals surface area contributed by atoms with Crippen molar-refractivity contribution in [1.29, 1.82) is 0 Å². The van der Waals surface area contributed by atoms with Gasteiger partial charge in [-0.25, -0.2) is 9.97 Å². The highest BCUT2D eigenvalue weighted by Gasteiger charge is 2.15. The summed E-state index contributed by atoms with van der Waals surface area (Å²) in [6.07, 6.45) is 3.38. The lowest BCUT2D eigenvalue weighted by Gasteiger charge is -2.04. The molecule has 100 valence electrons. The number of nitrogen functional groups attached to an aromatic ring is 1. The molecule has 5 nitrogen and oxygen atoms in total. The first kappa shape index (κ1) is 12.6. The zero-order valence-electron chi connectivity index (χ0n) is 10.8. The molecule has 0 fully saturated rings. The number of hydrogen-bond donors (Lipinski definition) is 2. The van der Waals surface area contributed by atoms with Crippen LogP contribution >= 0.6 is 11.6 Å². The molecular formula is C14H12ClN5. The van der Waals surface area contributed by atoms with E-state index in [4.69, 9.17) is 17.3 Å².